The molecule has 0 aliphatic carbocycles. The predicted octanol–water partition coefficient (Wildman–Crippen LogP) is 1.84. The average molecular weight is 308 g/mol. The molecule has 6 heteroatoms. The molecule has 3 N–H and O–H groups in total. The van der Waals surface area contributed by atoms with Crippen LogP contribution in [-0.4, -0.2) is 29.6 Å². The van der Waals surface area contributed by atoms with E-state index in [1.807, 2.05) is 13.8 Å². The molecule has 1 rings (SSSR count). The van der Waals surface area contributed by atoms with Crippen molar-refractivity contribution in [3.63, 3.8) is 0 Å². The lowest BCUT2D eigenvalue weighted by molar-refractivity contribution is -0.118. The van der Waals surface area contributed by atoms with Gasteiger partial charge in [0.25, 0.3) is 0 Å². The van der Waals surface area contributed by atoms with E-state index in [1.165, 1.54) is 24.3 Å². The summed E-state index contributed by atoms with van der Waals surface area (Å²) >= 11 is 0. The summed E-state index contributed by atoms with van der Waals surface area (Å²) in [7, 11) is 0. The van der Waals surface area contributed by atoms with Crippen molar-refractivity contribution in [1.82, 2.24) is 5.32 Å². The van der Waals surface area contributed by atoms with Gasteiger partial charge in [-0.05, 0) is 36.6 Å². The first kappa shape index (κ1) is 17.8. The summed E-state index contributed by atoms with van der Waals surface area (Å²) in [5, 5.41) is 14.3. The van der Waals surface area contributed by atoms with Crippen LogP contribution in [0, 0.1) is 11.7 Å². The van der Waals surface area contributed by atoms with E-state index in [-0.39, 0.29) is 12.6 Å². The van der Waals surface area contributed by atoms with E-state index in [2.05, 4.69) is 10.6 Å². The number of carbonyl (C=O) groups excluding carboxylic acids is 2. The standard InChI is InChI=1S/C16H21FN2O3/c1-11(2)9-14(10-20)19-16(22)8-7-15(21)18-13-5-3-12(17)4-6-13/h3-8,11,14,20H,9-10H2,1-2H3,(H,18,21)(H,19,22)/b8-7+. The van der Waals surface area contributed by atoms with Crippen LogP contribution in [0.25, 0.3) is 0 Å². The molecule has 0 bridgehead atoms. The molecule has 1 aromatic rings. The van der Waals surface area contributed by atoms with E-state index in [0.717, 1.165) is 12.2 Å². The zero-order valence-corrected chi connectivity index (χ0v) is 12.7. The van der Waals surface area contributed by atoms with Gasteiger partial charge in [-0.1, -0.05) is 13.8 Å². The molecule has 0 saturated heterocycles. The number of rotatable bonds is 7. The molecule has 0 saturated carbocycles. The summed E-state index contributed by atoms with van der Waals surface area (Å²) in [5.74, 6) is -1.00. The van der Waals surface area contributed by atoms with Crippen LogP contribution in [0.5, 0.6) is 0 Å². The number of hydrogen-bond donors (Lipinski definition) is 3. The number of aliphatic hydroxyl groups excluding tert-OH is 1. The second kappa shape index (κ2) is 8.94. The normalized spacial score (nSPS) is 12.4. The number of nitrogens with one attached hydrogen (secondary N) is 2. The Labute approximate surface area is 129 Å². The fourth-order valence-electron chi connectivity index (χ4n) is 1.87. The first-order valence-corrected chi connectivity index (χ1v) is 7.06. The van der Waals surface area contributed by atoms with Gasteiger partial charge in [-0.3, -0.25) is 9.59 Å². The highest BCUT2D eigenvalue weighted by atomic mass is 19.1. The predicted molar refractivity (Wildman–Crippen MR) is 82.6 cm³/mol. The van der Waals surface area contributed by atoms with Gasteiger partial charge in [-0.25, -0.2) is 4.39 Å². The lowest BCUT2D eigenvalue weighted by Crippen LogP contribution is -2.37. The Morgan fingerprint density at radius 3 is 2.32 bits per heavy atom. The second-order valence-electron chi connectivity index (χ2n) is 5.35. The van der Waals surface area contributed by atoms with Crippen molar-refractivity contribution in [1.29, 1.82) is 0 Å². The molecule has 1 unspecified atom stereocenters. The van der Waals surface area contributed by atoms with Gasteiger partial charge in [0, 0.05) is 17.8 Å². The largest absolute Gasteiger partial charge is 0.394 e. The van der Waals surface area contributed by atoms with Gasteiger partial charge < -0.3 is 15.7 Å². The number of carbonyl (C=O) groups is 2. The first-order valence-electron chi connectivity index (χ1n) is 7.06. The van der Waals surface area contributed by atoms with Crippen LogP contribution in [0.1, 0.15) is 20.3 Å². The van der Waals surface area contributed by atoms with Crippen molar-refractivity contribution in [2.75, 3.05) is 11.9 Å². The molecule has 5 nitrogen and oxygen atoms in total. The van der Waals surface area contributed by atoms with Crippen molar-refractivity contribution in [2.24, 2.45) is 5.92 Å². The minimum Gasteiger partial charge on any atom is -0.394 e. The Hall–Kier alpha value is -2.21. The van der Waals surface area contributed by atoms with Gasteiger partial charge in [-0.15, -0.1) is 0 Å². The number of benzene rings is 1. The van der Waals surface area contributed by atoms with Crippen LogP contribution in [0.15, 0.2) is 36.4 Å². The van der Waals surface area contributed by atoms with E-state index in [4.69, 9.17) is 5.11 Å². The third kappa shape index (κ3) is 6.99. The van der Waals surface area contributed by atoms with Gasteiger partial charge in [0.05, 0.1) is 12.6 Å². The fraction of sp³-hybridized carbons (Fsp3) is 0.375. The maximum absolute atomic E-state index is 12.7. The molecule has 0 fully saturated rings. The molecule has 0 aliphatic rings. The quantitative estimate of drug-likeness (QED) is 0.673. The number of amides is 2. The number of anilines is 1. The molecule has 2 amide bonds. The molecular formula is C16H21FN2O3. The van der Waals surface area contributed by atoms with Crippen LogP contribution < -0.4 is 10.6 Å². The van der Waals surface area contributed by atoms with E-state index in [1.54, 1.807) is 0 Å². The summed E-state index contributed by atoms with van der Waals surface area (Å²) in [6.07, 6.45) is 2.84. The number of halogens is 1. The summed E-state index contributed by atoms with van der Waals surface area (Å²) in [6.45, 7) is 3.82. The fourth-order valence-corrected chi connectivity index (χ4v) is 1.87. The molecular weight excluding hydrogens is 287 g/mol. The minimum atomic E-state index is -0.494. The minimum absolute atomic E-state index is 0.153. The van der Waals surface area contributed by atoms with Gasteiger partial charge in [0.2, 0.25) is 11.8 Å². The van der Waals surface area contributed by atoms with Crippen LogP contribution in [0.2, 0.25) is 0 Å². The number of aliphatic hydroxyl groups is 1. The zero-order chi connectivity index (χ0) is 16.5. The molecule has 1 aromatic carbocycles. The van der Waals surface area contributed by atoms with Crippen LogP contribution in [0.3, 0.4) is 0 Å². The second-order valence-corrected chi connectivity index (χ2v) is 5.35. The van der Waals surface area contributed by atoms with E-state index in [9.17, 15) is 14.0 Å². The third-order valence-corrected chi connectivity index (χ3v) is 2.82. The zero-order valence-electron chi connectivity index (χ0n) is 12.7. The summed E-state index contributed by atoms with van der Waals surface area (Å²) < 4.78 is 12.7. The van der Waals surface area contributed by atoms with Crippen molar-refractivity contribution in [2.45, 2.75) is 26.3 Å². The molecule has 1 atom stereocenters. The van der Waals surface area contributed by atoms with Crippen molar-refractivity contribution in [3.8, 4) is 0 Å². The highest BCUT2D eigenvalue weighted by molar-refractivity contribution is 6.03. The molecule has 22 heavy (non-hydrogen) atoms. The lowest BCUT2D eigenvalue weighted by atomic mass is 10.0. The van der Waals surface area contributed by atoms with Crippen LogP contribution in [0.4, 0.5) is 10.1 Å². The third-order valence-electron chi connectivity index (χ3n) is 2.82. The first-order chi connectivity index (χ1) is 10.4. The highest BCUT2D eigenvalue weighted by Crippen LogP contribution is 2.08. The Kier molecular flexibility index (Phi) is 7.25. The summed E-state index contributed by atoms with van der Waals surface area (Å²) in [4.78, 5) is 23.3. The molecule has 0 aromatic heterocycles. The van der Waals surface area contributed by atoms with E-state index >= 15 is 0 Å². The van der Waals surface area contributed by atoms with E-state index < -0.39 is 17.6 Å². The molecule has 120 valence electrons. The van der Waals surface area contributed by atoms with Crippen molar-refractivity contribution in [3.05, 3.63) is 42.2 Å². The monoisotopic (exact) mass is 308 g/mol. The highest BCUT2D eigenvalue weighted by Gasteiger charge is 2.11. The molecule has 0 heterocycles. The van der Waals surface area contributed by atoms with E-state index in [0.29, 0.717) is 18.0 Å². The van der Waals surface area contributed by atoms with Crippen molar-refractivity contribution < 1.29 is 19.1 Å². The average Bonchev–Trinajstić information content (AvgIpc) is 2.46. The Morgan fingerprint density at radius 1 is 1.18 bits per heavy atom. The Bertz CT molecular complexity index is 527. The van der Waals surface area contributed by atoms with Crippen LogP contribution in [-0.2, 0) is 9.59 Å². The summed E-state index contributed by atoms with van der Waals surface area (Å²) in [5.41, 5.74) is 0.435. The number of hydrogen-bond acceptors (Lipinski definition) is 3. The van der Waals surface area contributed by atoms with Crippen molar-refractivity contribution >= 4 is 17.5 Å². The smallest absolute Gasteiger partial charge is 0.248 e. The SMILES string of the molecule is CC(C)CC(CO)NC(=O)/C=C/C(=O)Nc1ccc(F)cc1. The topological polar surface area (TPSA) is 78.4 Å². The maximum atomic E-state index is 12.7. The van der Waals surface area contributed by atoms with Gasteiger partial charge in [0.1, 0.15) is 5.82 Å². The van der Waals surface area contributed by atoms with Gasteiger partial charge in [0.15, 0.2) is 0 Å². The lowest BCUT2D eigenvalue weighted by Gasteiger charge is -2.16. The van der Waals surface area contributed by atoms with Gasteiger partial charge in [-0.2, -0.15) is 0 Å². The Morgan fingerprint density at radius 2 is 1.77 bits per heavy atom. The van der Waals surface area contributed by atoms with Crippen LogP contribution >= 0.6 is 0 Å². The molecule has 0 spiro atoms. The summed E-state index contributed by atoms with van der Waals surface area (Å²) in [6, 6.07) is 4.96. The van der Waals surface area contributed by atoms with Gasteiger partial charge >= 0.3 is 0 Å². The molecule has 0 radical (unpaired) electrons. The maximum Gasteiger partial charge on any atom is 0.248 e. The Balaban J connectivity index is 2.47. The molecule has 0 aliphatic heterocycles.